The molecule has 2 N–H and O–H groups in total. The van der Waals surface area contributed by atoms with Crippen molar-refractivity contribution in [2.45, 2.75) is 13.0 Å². The van der Waals surface area contributed by atoms with Crippen LogP contribution in [0.3, 0.4) is 0 Å². The molecule has 1 atom stereocenters. The average Bonchev–Trinajstić information content (AvgIpc) is 2.63. The highest BCUT2D eigenvalue weighted by atomic mass is 35.5. The second-order valence-electron chi connectivity index (χ2n) is 5.74. The Bertz CT molecular complexity index is 1050. The third-order valence-electron chi connectivity index (χ3n) is 4.05. The fourth-order valence-electron chi connectivity index (χ4n) is 2.62. The zero-order chi connectivity index (χ0) is 18.8. The number of carbonyl (C=O) groups excluding carboxylic acids is 1. The molecule has 0 spiro atoms. The third-order valence-corrected chi connectivity index (χ3v) is 4.79. The van der Waals surface area contributed by atoms with Gasteiger partial charge in [-0.15, -0.1) is 0 Å². The molecular weight excluding hydrogens is 377 g/mol. The Morgan fingerprint density at radius 2 is 2.00 bits per heavy atom. The first-order chi connectivity index (χ1) is 12.4. The summed E-state index contributed by atoms with van der Waals surface area (Å²) in [6.45, 7) is 1.25. The summed E-state index contributed by atoms with van der Waals surface area (Å²) < 4.78 is 1.51. The van der Waals surface area contributed by atoms with E-state index in [0.717, 1.165) is 5.56 Å². The predicted octanol–water partition coefficient (Wildman–Crippen LogP) is 3.24. The first-order valence-corrected chi connectivity index (χ1v) is 8.53. The number of hydrogen-bond acceptors (Lipinski definition) is 4. The predicted molar refractivity (Wildman–Crippen MR) is 102 cm³/mol. The molecule has 0 saturated carbocycles. The number of amides is 1. The summed E-state index contributed by atoms with van der Waals surface area (Å²) in [5, 5.41) is 12.6. The molecular formula is C18H15Cl2N3O3. The minimum absolute atomic E-state index is 0.214. The molecule has 26 heavy (non-hydrogen) atoms. The highest BCUT2D eigenvalue weighted by Gasteiger charge is 2.14. The lowest BCUT2D eigenvalue weighted by atomic mass is 10.1. The number of halogens is 2. The van der Waals surface area contributed by atoms with Crippen LogP contribution in [0.25, 0.3) is 10.9 Å². The van der Waals surface area contributed by atoms with Gasteiger partial charge in [0.2, 0.25) is 5.91 Å². The van der Waals surface area contributed by atoms with E-state index in [1.807, 2.05) is 13.0 Å². The lowest BCUT2D eigenvalue weighted by molar-refractivity contribution is -0.118. The fourth-order valence-corrected chi connectivity index (χ4v) is 2.93. The summed E-state index contributed by atoms with van der Waals surface area (Å²) in [4.78, 5) is 28.4. The molecule has 0 aliphatic carbocycles. The van der Waals surface area contributed by atoms with Gasteiger partial charge in [-0.3, -0.25) is 14.2 Å². The summed E-state index contributed by atoms with van der Waals surface area (Å²) in [6, 6.07) is 9.69. The molecule has 0 saturated heterocycles. The molecule has 8 heteroatoms. The zero-order valence-electron chi connectivity index (χ0n) is 13.7. The van der Waals surface area contributed by atoms with Gasteiger partial charge in [0.15, 0.2) is 0 Å². The van der Waals surface area contributed by atoms with Gasteiger partial charge in [-0.05, 0) is 42.8 Å². The van der Waals surface area contributed by atoms with Crippen molar-refractivity contribution in [1.29, 1.82) is 0 Å². The van der Waals surface area contributed by atoms with Crippen LogP contribution in [0.1, 0.15) is 18.5 Å². The molecule has 0 radical (unpaired) electrons. The number of aliphatic hydroxyl groups excluding tert-OH is 1. The van der Waals surface area contributed by atoms with Crippen LogP contribution < -0.4 is 10.9 Å². The maximum absolute atomic E-state index is 12.8. The standard InChI is InChI=1S/C18H15Cl2N3O3/c1-10(11-2-5-14(19)15(20)6-11)23-9-21-16-7-12(22-17(25)8-24)3-4-13(16)18(23)26/h2-7,9-10,24H,8H2,1H3,(H,22,25)/t10-/m0/s1. The van der Waals surface area contributed by atoms with E-state index >= 15 is 0 Å². The molecule has 1 aromatic heterocycles. The van der Waals surface area contributed by atoms with Crippen LogP contribution in [0.15, 0.2) is 47.5 Å². The van der Waals surface area contributed by atoms with Gasteiger partial charge in [0.25, 0.3) is 5.56 Å². The molecule has 0 bridgehead atoms. The lowest BCUT2D eigenvalue weighted by Crippen LogP contribution is -2.24. The molecule has 3 aromatic rings. The van der Waals surface area contributed by atoms with Gasteiger partial charge >= 0.3 is 0 Å². The molecule has 6 nitrogen and oxygen atoms in total. The molecule has 134 valence electrons. The van der Waals surface area contributed by atoms with Crippen molar-refractivity contribution < 1.29 is 9.90 Å². The van der Waals surface area contributed by atoms with Crippen LogP contribution in [-0.2, 0) is 4.79 Å². The number of carbonyl (C=O) groups is 1. The number of benzene rings is 2. The first-order valence-electron chi connectivity index (χ1n) is 7.77. The van der Waals surface area contributed by atoms with E-state index in [2.05, 4.69) is 10.3 Å². The van der Waals surface area contributed by atoms with E-state index < -0.39 is 12.5 Å². The van der Waals surface area contributed by atoms with Gasteiger partial charge in [0, 0.05) is 5.69 Å². The molecule has 0 aliphatic rings. The number of aromatic nitrogens is 2. The molecule has 0 aliphatic heterocycles. The maximum atomic E-state index is 12.8. The largest absolute Gasteiger partial charge is 0.387 e. The second kappa shape index (κ2) is 7.45. The Hall–Kier alpha value is -2.41. The number of anilines is 1. The minimum Gasteiger partial charge on any atom is -0.387 e. The number of rotatable bonds is 4. The summed E-state index contributed by atoms with van der Waals surface area (Å²) in [6.07, 6.45) is 1.45. The highest BCUT2D eigenvalue weighted by Crippen LogP contribution is 2.27. The van der Waals surface area contributed by atoms with Crippen LogP contribution in [0.4, 0.5) is 5.69 Å². The van der Waals surface area contributed by atoms with Crippen molar-refractivity contribution in [3.63, 3.8) is 0 Å². The van der Waals surface area contributed by atoms with Gasteiger partial charge in [0.1, 0.15) is 6.61 Å². The topological polar surface area (TPSA) is 84.2 Å². The normalized spacial score (nSPS) is 12.2. The average molecular weight is 392 g/mol. The Kier molecular flexibility index (Phi) is 5.27. The SMILES string of the molecule is C[C@@H](c1ccc(Cl)c(Cl)c1)n1cnc2cc(NC(=O)CO)ccc2c1=O. The maximum Gasteiger partial charge on any atom is 0.261 e. The fraction of sp³-hybridized carbons (Fsp3) is 0.167. The van der Waals surface area contributed by atoms with Gasteiger partial charge in [0.05, 0.1) is 33.3 Å². The quantitative estimate of drug-likeness (QED) is 0.714. The monoisotopic (exact) mass is 391 g/mol. The van der Waals surface area contributed by atoms with Crippen molar-refractivity contribution in [1.82, 2.24) is 9.55 Å². The first kappa shape index (κ1) is 18.4. The van der Waals surface area contributed by atoms with E-state index in [-0.39, 0.29) is 11.6 Å². The molecule has 2 aromatic carbocycles. The van der Waals surface area contributed by atoms with Gasteiger partial charge in [-0.1, -0.05) is 29.3 Å². The van der Waals surface area contributed by atoms with Crippen molar-refractivity contribution in [3.8, 4) is 0 Å². The van der Waals surface area contributed by atoms with Gasteiger partial charge in [-0.2, -0.15) is 0 Å². The van der Waals surface area contributed by atoms with Crippen molar-refractivity contribution in [2.75, 3.05) is 11.9 Å². The second-order valence-corrected chi connectivity index (χ2v) is 6.56. The van der Waals surface area contributed by atoms with E-state index in [1.165, 1.54) is 10.9 Å². The Labute approximate surface area is 159 Å². The lowest BCUT2D eigenvalue weighted by Gasteiger charge is -2.16. The highest BCUT2D eigenvalue weighted by molar-refractivity contribution is 6.42. The van der Waals surface area contributed by atoms with Crippen LogP contribution in [0, 0.1) is 0 Å². The van der Waals surface area contributed by atoms with Crippen LogP contribution in [-0.4, -0.2) is 27.2 Å². The van der Waals surface area contributed by atoms with Crippen molar-refractivity contribution in [3.05, 3.63) is 68.7 Å². The smallest absolute Gasteiger partial charge is 0.261 e. The van der Waals surface area contributed by atoms with E-state index in [1.54, 1.807) is 30.3 Å². The number of hydrogen-bond donors (Lipinski definition) is 2. The van der Waals surface area contributed by atoms with Crippen LogP contribution >= 0.6 is 23.2 Å². The zero-order valence-corrected chi connectivity index (χ0v) is 15.3. The summed E-state index contributed by atoms with van der Waals surface area (Å²) in [5.74, 6) is -0.536. The summed E-state index contributed by atoms with van der Waals surface area (Å²) in [5.41, 5.74) is 1.52. The van der Waals surface area contributed by atoms with E-state index in [0.29, 0.717) is 26.6 Å². The van der Waals surface area contributed by atoms with Gasteiger partial charge in [-0.25, -0.2) is 4.98 Å². The Morgan fingerprint density at radius 1 is 1.23 bits per heavy atom. The molecule has 0 unspecified atom stereocenters. The van der Waals surface area contributed by atoms with Crippen molar-refractivity contribution >= 4 is 45.7 Å². The Morgan fingerprint density at radius 3 is 2.69 bits per heavy atom. The summed E-state index contributed by atoms with van der Waals surface area (Å²) >= 11 is 12.0. The van der Waals surface area contributed by atoms with Crippen LogP contribution in [0.5, 0.6) is 0 Å². The summed E-state index contributed by atoms with van der Waals surface area (Å²) in [7, 11) is 0. The molecule has 1 heterocycles. The van der Waals surface area contributed by atoms with E-state index in [4.69, 9.17) is 28.3 Å². The third kappa shape index (κ3) is 3.58. The molecule has 0 fully saturated rings. The number of aliphatic hydroxyl groups is 1. The Balaban J connectivity index is 2.01. The van der Waals surface area contributed by atoms with Crippen LogP contribution in [0.2, 0.25) is 10.0 Å². The number of fused-ring (bicyclic) bond motifs is 1. The van der Waals surface area contributed by atoms with Crippen molar-refractivity contribution in [2.24, 2.45) is 0 Å². The van der Waals surface area contributed by atoms with E-state index in [9.17, 15) is 9.59 Å². The molecule has 3 rings (SSSR count). The van der Waals surface area contributed by atoms with Gasteiger partial charge < -0.3 is 10.4 Å². The number of nitrogens with one attached hydrogen (secondary N) is 1. The molecule has 1 amide bonds. The number of nitrogens with zero attached hydrogens (tertiary/aromatic N) is 2. The minimum atomic E-state index is -0.617.